The average Bonchev–Trinajstić information content (AvgIpc) is 2.80. The van der Waals surface area contributed by atoms with Crippen LogP contribution in [0.4, 0.5) is 0 Å². The topological polar surface area (TPSA) is 470 Å². The molecule has 0 aliphatic rings. The standard InChI is InChI=1S/C20H23O23P.12Na/c21-3(22)1-2(12(23)24)4(13(25)26)5(14(27)28)6(15(29)30)7(16(31)32)8(17(33)34)9(18(35)36)10(19(37)38)11(20(39)40)44(41,42)43;;;;;;;;;;;;/h2,4-11H,1H2,(H,21,22)(H,23,24)(H,25,26)(H,27,28)(H,29,30)(H,31,32)(H,33,34)(H,35,36)(H,37,38)(H,39,40)(H2,41,42,43);;;;;;;;;;;;/q;12*+1/p-12. The van der Waals surface area contributed by atoms with Crippen LogP contribution >= 0.6 is 7.94 Å². The Morgan fingerprint density at radius 1 is 0.304 bits per heavy atom. The van der Waals surface area contributed by atoms with Gasteiger partial charge in [0, 0.05) is 101 Å². The summed E-state index contributed by atoms with van der Waals surface area (Å²) in [6, 6.07) is 0. The summed E-state index contributed by atoms with van der Waals surface area (Å²) in [5.74, 6) is -62.8. The minimum Gasteiger partial charge on any atom is -0.687 e. The summed E-state index contributed by atoms with van der Waals surface area (Å²) in [5.41, 5.74) is -4.18. The van der Waals surface area contributed by atoms with Crippen LogP contribution in [0, 0.1) is 47.3 Å². The number of hydrogen-bond acceptors (Lipinski definition) is 23. The van der Waals surface area contributed by atoms with Gasteiger partial charge in [0.15, 0.2) is 0 Å². The maximum atomic E-state index is 12.0. The van der Waals surface area contributed by atoms with Crippen molar-refractivity contribution in [1.29, 1.82) is 0 Å². The van der Waals surface area contributed by atoms with Gasteiger partial charge in [-0.3, -0.25) is 0 Å². The van der Waals surface area contributed by atoms with Crippen LogP contribution in [-0.4, -0.2) is 65.4 Å². The summed E-state index contributed by atoms with van der Waals surface area (Å²) >= 11 is 0. The molecule has 0 saturated heterocycles. The molecule has 0 aromatic heterocycles. The Kier molecular flexibility index (Phi) is 79.2. The first-order valence-electron chi connectivity index (χ1n) is 10.9. The monoisotopic (exact) mass is 926 g/mol. The summed E-state index contributed by atoms with van der Waals surface area (Å²) in [7, 11) is -7.01. The van der Waals surface area contributed by atoms with Crippen molar-refractivity contribution in [2.45, 2.75) is 12.1 Å². The predicted octanol–water partition coefficient (Wildman–Crippen LogP) is -54.9. The minimum atomic E-state index is -7.01. The zero-order valence-corrected chi connectivity index (χ0v) is 57.6. The summed E-state index contributed by atoms with van der Waals surface area (Å²) < 4.78 is 0. The smallest absolute Gasteiger partial charge is 0.687 e. The van der Waals surface area contributed by atoms with E-state index in [4.69, 9.17) is 0 Å². The predicted molar refractivity (Wildman–Crippen MR) is 93.3 cm³/mol. The Balaban J connectivity index is -0.000000140. The zero-order chi connectivity index (χ0) is 35.2. The number of carbonyl (C=O) groups excluding carboxylic acids is 10. The van der Waals surface area contributed by atoms with Gasteiger partial charge in [-0.15, -0.1) is 0 Å². The van der Waals surface area contributed by atoms with Gasteiger partial charge >= 0.3 is 355 Å². The number of carboxylic acids is 10. The van der Waals surface area contributed by atoms with Crippen LogP contribution < -0.4 is 420 Å². The molecule has 9 atom stereocenters. The van der Waals surface area contributed by atoms with Gasteiger partial charge in [0.25, 0.3) is 0 Å². The van der Waals surface area contributed by atoms with E-state index in [-0.39, 0.29) is 355 Å². The molecule has 0 spiro atoms. The molecule has 0 heterocycles. The van der Waals surface area contributed by atoms with E-state index in [1.54, 1.807) is 0 Å². The molecule has 246 valence electrons. The first-order chi connectivity index (χ1) is 19.8. The van der Waals surface area contributed by atoms with Crippen molar-refractivity contribution in [3.05, 3.63) is 0 Å². The average molecular weight is 926 g/mol. The van der Waals surface area contributed by atoms with Crippen LogP contribution in [0.3, 0.4) is 0 Å². The van der Waals surface area contributed by atoms with Crippen LogP contribution in [-0.2, 0) is 47.9 Å². The summed E-state index contributed by atoms with van der Waals surface area (Å²) in [6.45, 7) is 0. The van der Waals surface area contributed by atoms with Gasteiger partial charge < -0.3 is 114 Å². The van der Waals surface area contributed by atoms with E-state index in [9.17, 15) is 114 Å². The van der Waals surface area contributed by atoms with Gasteiger partial charge in [-0.25, -0.2) is 0 Å². The van der Waals surface area contributed by atoms with Gasteiger partial charge in [0.1, 0.15) is 5.66 Å². The molecular weight excluding hydrogens is 915 g/mol. The summed E-state index contributed by atoms with van der Waals surface area (Å²) in [4.78, 5) is 151. The van der Waals surface area contributed by atoms with Gasteiger partial charge in [-0.1, -0.05) is 0 Å². The molecule has 0 fully saturated rings. The Labute approximate surface area is 582 Å². The molecule has 0 rings (SSSR count). The van der Waals surface area contributed by atoms with Crippen molar-refractivity contribution in [2.75, 3.05) is 0 Å². The molecule has 0 aromatic rings. The second kappa shape index (κ2) is 45.8. The minimum absolute atomic E-state index is 0. The van der Waals surface area contributed by atoms with Crippen LogP contribution in [0.25, 0.3) is 0 Å². The first kappa shape index (κ1) is 96.9. The van der Waals surface area contributed by atoms with E-state index in [2.05, 4.69) is 0 Å². The van der Waals surface area contributed by atoms with Gasteiger partial charge in [0.2, 0.25) is 0 Å². The Morgan fingerprint density at radius 3 is 0.643 bits per heavy atom. The summed E-state index contributed by atoms with van der Waals surface area (Å²) in [5, 5.41) is 117. The summed E-state index contributed by atoms with van der Waals surface area (Å²) in [6.07, 6.45) is -2.07. The molecule has 0 amide bonds. The third kappa shape index (κ3) is 30.4. The van der Waals surface area contributed by atoms with Crippen molar-refractivity contribution >= 4 is 67.6 Å². The molecule has 0 aromatic carbocycles. The van der Waals surface area contributed by atoms with Gasteiger partial charge in [-0.2, -0.15) is 7.94 Å². The van der Waals surface area contributed by atoms with Crippen LogP contribution in [0.5, 0.6) is 0 Å². The number of hydrogen-bond donors (Lipinski definition) is 0. The number of rotatable bonds is 20. The fraction of sp³-hybridized carbons (Fsp3) is 0.500. The SMILES string of the molecule is O=C([O-])CC(C(=O)[O-])C(C(=O)[O-])C(C(=O)[O-])C(C(=O)[O-])C(C(=O)[O-])C(C(=O)[O-])C(C(=O)[O-])C(C(=O)[O-])C(C(=O)[O-])[P+]([O-])([O-])[O-].[Na+].[Na+].[Na+].[Na+].[Na+].[Na+].[Na+].[Na+].[Na+].[Na+].[Na+].[Na+]. The van der Waals surface area contributed by atoms with Crippen molar-refractivity contribution in [3.63, 3.8) is 0 Å². The number of aliphatic carboxylic acids is 10. The zero-order valence-electron chi connectivity index (χ0n) is 32.7. The van der Waals surface area contributed by atoms with E-state index in [1.165, 1.54) is 0 Å². The van der Waals surface area contributed by atoms with E-state index < -0.39 is 127 Å². The number of carboxylic acid groups (broad SMARTS) is 10. The first-order valence-corrected chi connectivity index (χ1v) is 12.5. The molecule has 0 aliphatic carbocycles. The Hall–Kier alpha value is 7.01. The fourth-order valence-corrected chi connectivity index (χ4v) is 5.58. The second-order valence-corrected chi connectivity index (χ2v) is 10.4. The molecule has 0 saturated carbocycles. The van der Waals surface area contributed by atoms with Gasteiger partial charge in [0.05, 0.1) is 5.97 Å². The van der Waals surface area contributed by atoms with Crippen LogP contribution in [0.2, 0.25) is 0 Å². The van der Waals surface area contributed by atoms with Crippen molar-refractivity contribution in [3.8, 4) is 0 Å². The number of carbonyl (C=O) groups is 10. The molecule has 0 N–H and O–H groups in total. The Bertz CT molecular complexity index is 1270. The molecule has 36 heteroatoms. The fourth-order valence-electron chi connectivity index (χ4n) is 4.62. The molecule has 23 nitrogen and oxygen atoms in total. The third-order valence-corrected chi connectivity index (χ3v) is 7.49. The quantitative estimate of drug-likeness (QED) is 0.0808. The van der Waals surface area contributed by atoms with E-state index in [0.717, 1.165) is 0 Å². The van der Waals surface area contributed by atoms with Crippen molar-refractivity contribution < 1.29 is 468 Å². The molecule has 56 heavy (non-hydrogen) atoms. The largest absolute Gasteiger partial charge is 1.00 e. The van der Waals surface area contributed by atoms with Crippen LogP contribution in [0.1, 0.15) is 6.42 Å². The maximum Gasteiger partial charge on any atom is 1.00 e. The van der Waals surface area contributed by atoms with Crippen LogP contribution in [0.15, 0.2) is 0 Å². The molecule has 0 aliphatic heterocycles. The van der Waals surface area contributed by atoms with E-state index in [1.807, 2.05) is 0 Å². The molecular formula is C20H11Na12O23P. The Morgan fingerprint density at radius 2 is 0.500 bits per heavy atom. The van der Waals surface area contributed by atoms with E-state index >= 15 is 0 Å². The van der Waals surface area contributed by atoms with Gasteiger partial charge in [-0.05, 0) is 6.42 Å². The maximum absolute atomic E-state index is 12.0. The molecule has 0 radical (unpaired) electrons. The van der Waals surface area contributed by atoms with E-state index in [0.29, 0.717) is 0 Å². The molecule has 9 unspecified atom stereocenters. The second-order valence-electron chi connectivity index (χ2n) is 8.72. The van der Waals surface area contributed by atoms with Crippen molar-refractivity contribution in [1.82, 2.24) is 0 Å². The van der Waals surface area contributed by atoms with Crippen molar-refractivity contribution in [2.24, 2.45) is 47.3 Å². The molecule has 0 bridgehead atoms. The third-order valence-electron chi connectivity index (χ3n) is 6.27. The normalized spacial score (nSPS) is 13.8.